The van der Waals surface area contributed by atoms with E-state index in [0.717, 1.165) is 12.3 Å². The molecule has 0 aliphatic heterocycles. The predicted molar refractivity (Wildman–Crippen MR) is 77.0 cm³/mol. The molecule has 102 valence electrons. The number of halogens is 3. The topological polar surface area (TPSA) is 17.1 Å². The summed E-state index contributed by atoms with van der Waals surface area (Å²) in [6.07, 6.45) is 5.43. The van der Waals surface area contributed by atoms with Crippen LogP contribution in [0.2, 0.25) is 5.02 Å². The van der Waals surface area contributed by atoms with E-state index in [0.29, 0.717) is 27.8 Å². The molecule has 0 saturated heterocycles. The minimum atomic E-state index is -0.482. The maximum atomic E-state index is 13.8. The molecule has 1 nitrogen and oxygen atoms in total. The van der Waals surface area contributed by atoms with Gasteiger partial charge in [0.25, 0.3) is 0 Å². The van der Waals surface area contributed by atoms with Gasteiger partial charge in [0.1, 0.15) is 5.82 Å². The average Bonchev–Trinajstić information content (AvgIpc) is 2.95. The van der Waals surface area contributed by atoms with Gasteiger partial charge in [-0.05, 0) is 65.1 Å². The first kappa shape index (κ1) is 13.6. The van der Waals surface area contributed by atoms with E-state index >= 15 is 0 Å². The van der Waals surface area contributed by atoms with Crippen molar-refractivity contribution in [3.8, 4) is 0 Å². The Morgan fingerprint density at radius 3 is 2.79 bits per heavy atom. The summed E-state index contributed by atoms with van der Waals surface area (Å²) in [5.74, 6) is 1.35. The maximum absolute atomic E-state index is 13.8. The third-order valence-electron chi connectivity index (χ3n) is 4.64. The smallest absolute Gasteiger partial charge is 0.166 e. The molecule has 2 aliphatic carbocycles. The standard InChI is InChI=1S/C15H15BrClFO/c16-12-7-14(18)11(6-13(12)17)15(19)5-10-4-8-1-2-9(10)3-8/h6-10H,1-5H2. The Morgan fingerprint density at radius 1 is 1.37 bits per heavy atom. The second-order valence-electron chi connectivity index (χ2n) is 5.81. The molecule has 1 aromatic rings. The molecule has 2 fully saturated rings. The third-order valence-corrected chi connectivity index (χ3v) is 5.84. The summed E-state index contributed by atoms with van der Waals surface area (Å²) in [6.45, 7) is 0. The largest absolute Gasteiger partial charge is 0.294 e. The number of rotatable bonds is 3. The lowest BCUT2D eigenvalue weighted by atomic mass is 9.84. The lowest BCUT2D eigenvalue weighted by Crippen LogP contribution is -2.16. The summed E-state index contributed by atoms with van der Waals surface area (Å²) in [6, 6.07) is 2.72. The first-order valence-electron chi connectivity index (χ1n) is 6.72. The van der Waals surface area contributed by atoms with Gasteiger partial charge in [0.2, 0.25) is 0 Å². The molecule has 19 heavy (non-hydrogen) atoms. The molecule has 3 unspecified atom stereocenters. The Bertz CT molecular complexity index is 531. The second-order valence-corrected chi connectivity index (χ2v) is 7.07. The summed E-state index contributed by atoms with van der Waals surface area (Å²) >= 11 is 9.10. The number of ketones is 1. The summed E-state index contributed by atoms with van der Waals surface area (Å²) in [7, 11) is 0. The number of benzene rings is 1. The van der Waals surface area contributed by atoms with Gasteiger partial charge in [-0.3, -0.25) is 4.79 Å². The monoisotopic (exact) mass is 344 g/mol. The normalized spacial score (nSPS) is 28.9. The highest BCUT2D eigenvalue weighted by Crippen LogP contribution is 2.49. The summed E-state index contributed by atoms with van der Waals surface area (Å²) in [4.78, 5) is 12.2. The van der Waals surface area contributed by atoms with Gasteiger partial charge in [0, 0.05) is 10.9 Å². The zero-order chi connectivity index (χ0) is 13.6. The zero-order valence-electron chi connectivity index (χ0n) is 10.5. The molecule has 4 heteroatoms. The highest BCUT2D eigenvalue weighted by atomic mass is 79.9. The molecule has 0 N–H and O–H groups in total. The number of carbonyl (C=O) groups is 1. The van der Waals surface area contributed by atoms with Crippen LogP contribution in [0.25, 0.3) is 0 Å². The minimum Gasteiger partial charge on any atom is -0.294 e. The van der Waals surface area contributed by atoms with Gasteiger partial charge in [0.15, 0.2) is 5.78 Å². The zero-order valence-corrected chi connectivity index (χ0v) is 12.8. The van der Waals surface area contributed by atoms with Crippen LogP contribution in [0.3, 0.4) is 0 Å². The van der Waals surface area contributed by atoms with Crippen LogP contribution in [0, 0.1) is 23.6 Å². The van der Waals surface area contributed by atoms with Gasteiger partial charge in [0.05, 0.1) is 10.6 Å². The third kappa shape index (κ3) is 2.59. The highest BCUT2D eigenvalue weighted by Gasteiger charge is 2.40. The number of carbonyl (C=O) groups excluding carboxylic acids is 1. The Morgan fingerprint density at radius 2 is 2.16 bits per heavy atom. The van der Waals surface area contributed by atoms with E-state index in [1.807, 2.05) is 0 Å². The molecule has 0 aromatic heterocycles. The van der Waals surface area contributed by atoms with Crippen LogP contribution in [0.4, 0.5) is 4.39 Å². The molecule has 0 spiro atoms. The van der Waals surface area contributed by atoms with Crippen molar-refractivity contribution in [3.63, 3.8) is 0 Å². The van der Waals surface area contributed by atoms with Crippen molar-refractivity contribution < 1.29 is 9.18 Å². The Kier molecular flexibility index (Phi) is 3.69. The molecule has 2 saturated carbocycles. The van der Waals surface area contributed by atoms with Gasteiger partial charge in [-0.2, -0.15) is 0 Å². The van der Waals surface area contributed by atoms with Crippen LogP contribution in [0.5, 0.6) is 0 Å². The van der Waals surface area contributed by atoms with Crippen molar-refractivity contribution in [3.05, 3.63) is 33.0 Å². The molecular weight excluding hydrogens is 331 g/mol. The summed E-state index contributed by atoms with van der Waals surface area (Å²) < 4.78 is 14.3. The molecule has 0 amide bonds. The molecule has 0 heterocycles. The van der Waals surface area contributed by atoms with Crippen LogP contribution in [0.1, 0.15) is 42.5 Å². The van der Waals surface area contributed by atoms with E-state index in [4.69, 9.17) is 11.6 Å². The fourth-order valence-electron chi connectivity index (χ4n) is 3.71. The molecule has 1 aromatic carbocycles. The first-order chi connectivity index (χ1) is 9.04. The van der Waals surface area contributed by atoms with E-state index in [9.17, 15) is 9.18 Å². The Labute approximate surface area is 125 Å². The molecule has 2 bridgehead atoms. The highest BCUT2D eigenvalue weighted by molar-refractivity contribution is 9.10. The lowest BCUT2D eigenvalue weighted by Gasteiger charge is -2.20. The Balaban J connectivity index is 1.75. The summed E-state index contributed by atoms with van der Waals surface area (Å²) in [5, 5.41) is 0.387. The number of hydrogen-bond donors (Lipinski definition) is 0. The summed E-state index contributed by atoms with van der Waals surface area (Å²) in [5.41, 5.74) is 0.135. The van der Waals surface area contributed by atoms with Crippen molar-refractivity contribution in [2.24, 2.45) is 17.8 Å². The van der Waals surface area contributed by atoms with Crippen LogP contribution < -0.4 is 0 Å². The quantitative estimate of drug-likeness (QED) is 0.540. The molecule has 2 aliphatic rings. The van der Waals surface area contributed by atoms with E-state index < -0.39 is 5.82 Å². The fraction of sp³-hybridized carbons (Fsp3) is 0.533. The molecule has 3 rings (SSSR count). The molecule has 3 atom stereocenters. The van der Waals surface area contributed by atoms with Gasteiger partial charge >= 0.3 is 0 Å². The predicted octanol–water partition coefficient (Wildman–Crippen LogP) is 5.25. The van der Waals surface area contributed by atoms with Gasteiger partial charge in [-0.1, -0.05) is 18.0 Å². The van der Waals surface area contributed by atoms with Crippen molar-refractivity contribution in [1.82, 2.24) is 0 Å². The minimum absolute atomic E-state index is 0.107. The number of hydrogen-bond acceptors (Lipinski definition) is 1. The van der Waals surface area contributed by atoms with E-state index in [1.165, 1.54) is 31.4 Å². The fourth-order valence-corrected chi connectivity index (χ4v) is 4.19. The van der Waals surface area contributed by atoms with Crippen molar-refractivity contribution >= 4 is 33.3 Å². The van der Waals surface area contributed by atoms with Crippen LogP contribution >= 0.6 is 27.5 Å². The molecular formula is C15H15BrClFO. The van der Waals surface area contributed by atoms with Crippen molar-refractivity contribution in [1.29, 1.82) is 0 Å². The van der Waals surface area contributed by atoms with Crippen molar-refractivity contribution in [2.75, 3.05) is 0 Å². The van der Waals surface area contributed by atoms with Gasteiger partial charge in [-0.25, -0.2) is 4.39 Å². The van der Waals surface area contributed by atoms with E-state index in [2.05, 4.69) is 15.9 Å². The van der Waals surface area contributed by atoms with Gasteiger partial charge in [-0.15, -0.1) is 0 Å². The molecule has 0 radical (unpaired) electrons. The van der Waals surface area contributed by atoms with Crippen LogP contribution in [-0.2, 0) is 0 Å². The van der Waals surface area contributed by atoms with Crippen LogP contribution in [-0.4, -0.2) is 5.78 Å². The first-order valence-corrected chi connectivity index (χ1v) is 7.89. The van der Waals surface area contributed by atoms with E-state index in [-0.39, 0.29) is 11.3 Å². The van der Waals surface area contributed by atoms with E-state index in [1.54, 1.807) is 0 Å². The number of Topliss-reactive ketones (excluding diaryl/α,β-unsaturated/α-hetero) is 1. The van der Waals surface area contributed by atoms with Gasteiger partial charge < -0.3 is 0 Å². The lowest BCUT2D eigenvalue weighted by molar-refractivity contribution is 0.0940. The van der Waals surface area contributed by atoms with Crippen molar-refractivity contribution in [2.45, 2.75) is 32.1 Å². The second kappa shape index (κ2) is 5.17. The average molecular weight is 346 g/mol. The number of fused-ring (bicyclic) bond motifs is 2. The Hall–Kier alpha value is -0.410. The SMILES string of the molecule is O=C(CC1CC2CCC1C2)c1cc(Cl)c(Br)cc1F. The maximum Gasteiger partial charge on any atom is 0.166 e. The van der Waals surface area contributed by atoms with Crippen LogP contribution in [0.15, 0.2) is 16.6 Å².